The third kappa shape index (κ3) is 3.78. The van der Waals surface area contributed by atoms with Crippen LogP contribution in [0.1, 0.15) is 28.5 Å². The summed E-state index contributed by atoms with van der Waals surface area (Å²) in [5.74, 6) is 2.08. The summed E-state index contributed by atoms with van der Waals surface area (Å²) in [4.78, 5) is 14.9. The highest BCUT2D eigenvalue weighted by atomic mass is 16.5. The van der Waals surface area contributed by atoms with E-state index in [4.69, 9.17) is 13.9 Å². The van der Waals surface area contributed by atoms with Crippen molar-refractivity contribution in [1.29, 1.82) is 0 Å². The van der Waals surface area contributed by atoms with Gasteiger partial charge < -0.3 is 24.1 Å². The number of ether oxygens (including phenoxy) is 2. The highest BCUT2D eigenvalue weighted by molar-refractivity contribution is 5.76. The van der Waals surface area contributed by atoms with Crippen molar-refractivity contribution in [3.8, 4) is 11.5 Å². The van der Waals surface area contributed by atoms with Crippen molar-refractivity contribution in [3.05, 3.63) is 83.3 Å². The number of methoxy groups -OCH3 is 2. The van der Waals surface area contributed by atoms with Crippen LogP contribution in [0.5, 0.6) is 11.5 Å². The fraction of sp³-hybridized carbons (Fsp3) is 0.261. The zero-order chi connectivity index (χ0) is 20.2. The molecule has 150 valence electrons. The third-order valence-electron chi connectivity index (χ3n) is 5.24. The zero-order valence-electron chi connectivity index (χ0n) is 16.6. The zero-order valence-corrected chi connectivity index (χ0v) is 16.6. The summed E-state index contributed by atoms with van der Waals surface area (Å²) < 4.78 is 16.3. The second-order valence-electron chi connectivity index (χ2n) is 6.90. The molecule has 1 aromatic heterocycles. The number of urea groups is 1. The molecule has 3 aromatic rings. The Bertz CT molecular complexity index is 970. The van der Waals surface area contributed by atoms with Crippen LogP contribution >= 0.6 is 0 Å². The Morgan fingerprint density at radius 1 is 1.10 bits per heavy atom. The Morgan fingerprint density at radius 2 is 1.86 bits per heavy atom. The highest BCUT2D eigenvalue weighted by Gasteiger charge is 2.33. The molecule has 2 amide bonds. The Balaban J connectivity index is 1.70. The lowest BCUT2D eigenvalue weighted by molar-refractivity contribution is 0.178. The maximum Gasteiger partial charge on any atom is 0.318 e. The van der Waals surface area contributed by atoms with Gasteiger partial charge in [0.1, 0.15) is 5.76 Å². The Labute approximate surface area is 170 Å². The molecule has 29 heavy (non-hydrogen) atoms. The van der Waals surface area contributed by atoms with Crippen LogP contribution in [-0.4, -0.2) is 31.7 Å². The van der Waals surface area contributed by atoms with E-state index in [1.165, 1.54) is 0 Å². The number of amides is 2. The highest BCUT2D eigenvalue weighted by Crippen LogP contribution is 2.40. The number of hydrogen-bond acceptors (Lipinski definition) is 4. The maximum atomic E-state index is 13.1. The predicted octanol–water partition coefficient (Wildman–Crippen LogP) is 4.15. The molecule has 0 spiro atoms. The lowest BCUT2D eigenvalue weighted by atomic mass is 9.88. The van der Waals surface area contributed by atoms with Gasteiger partial charge in [0.2, 0.25) is 0 Å². The van der Waals surface area contributed by atoms with Crippen LogP contribution in [0.3, 0.4) is 0 Å². The first-order valence-corrected chi connectivity index (χ1v) is 9.58. The first-order chi connectivity index (χ1) is 14.2. The molecular weight excluding hydrogens is 368 g/mol. The van der Waals surface area contributed by atoms with Crippen molar-refractivity contribution >= 4 is 6.03 Å². The van der Waals surface area contributed by atoms with E-state index in [0.29, 0.717) is 24.6 Å². The second kappa shape index (κ2) is 8.31. The van der Waals surface area contributed by atoms with Gasteiger partial charge in [-0.3, -0.25) is 0 Å². The van der Waals surface area contributed by atoms with Gasteiger partial charge in [0, 0.05) is 6.54 Å². The van der Waals surface area contributed by atoms with Gasteiger partial charge in [-0.2, -0.15) is 0 Å². The van der Waals surface area contributed by atoms with Crippen molar-refractivity contribution in [2.24, 2.45) is 0 Å². The fourth-order valence-electron chi connectivity index (χ4n) is 3.84. The van der Waals surface area contributed by atoms with Gasteiger partial charge in [0.05, 0.1) is 33.1 Å². The molecule has 0 fully saturated rings. The number of fused-ring (bicyclic) bond motifs is 1. The molecule has 2 aromatic carbocycles. The lowest BCUT2D eigenvalue weighted by Gasteiger charge is -2.38. The molecular formula is C23H24N2O4. The van der Waals surface area contributed by atoms with E-state index in [-0.39, 0.29) is 12.1 Å². The summed E-state index contributed by atoms with van der Waals surface area (Å²) in [7, 11) is 3.26. The number of benzene rings is 2. The molecule has 0 saturated carbocycles. The van der Waals surface area contributed by atoms with Crippen LogP contribution in [0, 0.1) is 0 Å². The van der Waals surface area contributed by atoms with Crippen LogP contribution in [0.25, 0.3) is 0 Å². The molecule has 6 heteroatoms. The topological polar surface area (TPSA) is 63.9 Å². The maximum absolute atomic E-state index is 13.1. The van der Waals surface area contributed by atoms with Gasteiger partial charge in [-0.15, -0.1) is 0 Å². The summed E-state index contributed by atoms with van der Waals surface area (Å²) in [6.45, 7) is 0.953. The van der Waals surface area contributed by atoms with Crippen LogP contribution in [0.4, 0.5) is 4.79 Å². The lowest BCUT2D eigenvalue weighted by Crippen LogP contribution is -2.45. The molecule has 0 radical (unpaired) electrons. The van der Waals surface area contributed by atoms with Crippen LogP contribution in [0.2, 0.25) is 0 Å². The van der Waals surface area contributed by atoms with Crippen molar-refractivity contribution in [2.75, 3.05) is 20.8 Å². The minimum atomic E-state index is -0.212. The van der Waals surface area contributed by atoms with E-state index in [1.807, 2.05) is 59.5 Å². The number of furan rings is 1. The molecule has 1 aliphatic heterocycles. The number of nitrogens with one attached hydrogen (secondary N) is 1. The number of nitrogens with zero attached hydrogens (tertiary/aromatic N) is 1. The van der Waals surface area contributed by atoms with Crippen molar-refractivity contribution in [3.63, 3.8) is 0 Å². The number of carbonyl (C=O) groups is 1. The molecule has 0 saturated heterocycles. The second-order valence-corrected chi connectivity index (χ2v) is 6.90. The molecule has 1 atom stereocenters. The van der Waals surface area contributed by atoms with E-state index in [1.54, 1.807) is 20.5 Å². The Morgan fingerprint density at radius 3 is 2.55 bits per heavy atom. The molecule has 0 bridgehead atoms. The largest absolute Gasteiger partial charge is 0.493 e. The smallest absolute Gasteiger partial charge is 0.318 e. The minimum Gasteiger partial charge on any atom is -0.493 e. The molecule has 4 rings (SSSR count). The van der Waals surface area contributed by atoms with Gasteiger partial charge in [0.15, 0.2) is 11.5 Å². The van der Waals surface area contributed by atoms with Crippen molar-refractivity contribution in [1.82, 2.24) is 10.2 Å². The number of rotatable bonds is 5. The summed E-state index contributed by atoms with van der Waals surface area (Å²) in [6, 6.07) is 17.4. The molecule has 1 N–H and O–H groups in total. The van der Waals surface area contributed by atoms with Gasteiger partial charge in [-0.1, -0.05) is 30.3 Å². The number of carbonyl (C=O) groups excluding carboxylic acids is 1. The minimum absolute atomic E-state index is 0.129. The first-order valence-electron chi connectivity index (χ1n) is 9.58. The quantitative estimate of drug-likeness (QED) is 0.708. The van der Waals surface area contributed by atoms with Gasteiger partial charge in [0.25, 0.3) is 0 Å². The molecule has 2 heterocycles. The fourth-order valence-corrected chi connectivity index (χ4v) is 3.84. The van der Waals surface area contributed by atoms with Crippen LogP contribution in [-0.2, 0) is 13.0 Å². The molecule has 6 nitrogen and oxygen atoms in total. The Hall–Kier alpha value is -3.41. The monoisotopic (exact) mass is 392 g/mol. The summed E-state index contributed by atoms with van der Waals surface area (Å²) in [6.07, 6.45) is 2.35. The summed E-state index contributed by atoms with van der Waals surface area (Å²) in [5, 5.41) is 2.97. The first kappa shape index (κ1) is 18.9. The molecule has 0 aliphatic carbocycles. The van der Waals surface area contributed by atoms with Gasteiger partial charge >= 0.3 is 6.03 Å². The SMILES string of the molecule is COc1cc2c(cc1OC)C(c1ccccc1)N(C(=O)NCc1ccco1)CC2. The normalized spacial score (nSPS) is 15.5. The molecule has 1 aliphatic rings. The van der Waals surface area contributed by atoms with E-state index < -0.39 is 0 Å². The summed E-state index contributed by atoms with van der Waals surface area (Å²) >= 11 is 0. The average molecular weight is 392 g/mol. The van der Waals surface area contributed by atoms with E-state index in [9.17, 15) is 4.79 Å². The molecule has 1 unspecified atom stereocenters. The van der Waals surface area contributed by atoms with E-state index >= 15 is 0 Å². The number of hydrogen-bond donors (Lipinski definition) is 1. The van der Waals surface area contributed by atoms with E-state index in [2.05, 4.69) is 5.32 Å². The third-order valence-corrected chi connectivity index (χ3v) is 5.24. The standard InChI is InChI=1S/C23H24N2O4/c1-27-20-13-17-10-11-25(23(26)24-15-18-9-6-12-29-18)22(16-7-4-3-5-8-16)19(17)14-21(20)28-2/h3-9,12-14,22H,10-11,15H2,1-2H3,(H,24,26). The van der Waals surface area contributed by atoms with E-state index in [0.717, 1.165) is 28.9 Å². The van der Waals surface area contributed by atoms with Gasteiger partial charge in [-0.25, -0.2) is 4.79 Å². The van der Waals surface area contributed by atoms with Gasteiger partial charge in [-0.05, 0) is 47.4 Å². The van der Waals surface area contributed by atoms with Crippen molar-refractivity contribution < 1.29 is 18.7 Å². The average Bonchev–Trinajstić information content (AvgIpc) is 3.30. The van der Waals surface area contributed by atoms with Crippen molar-refractivity contribution in [2.45, 2.75) is 19.0 Å². The predicted molar refractivity (Wildman–Crippen MR) is 109 cm³/mol. The summed E-state index contributed by atoms with van der Waals surface area (Å²) in [5.41, 5.74) is 3.26. The van der Waals surface area contributed by atoms with Crippen LogP contribution < -0.4 is 14.8 Å². The Kier molecular flexibility index (Phi) is 5.42. The van der Waals surface area contributed by atoms with Crippen LogP contribution in [0.15, 0.2) is 65.3 Å².